The van der Waals surface area contributed by atoms with Gasteiger partial charge in [0.15, 0.2) is 0 Å². The van der Waals surface area contributed by atoms with Crippen molar-refractivity contribution in [3.05, 3.63) is 22.0 Å². The van der Waals surface area contributed by atoms with Crippen molar-refractivity contribution in [2.75, 3.05) is 23.7 Å². The lowest BCUT2D eigenvalue weighted by molar-refractivity contribution is 0.841. The molecule has 0 aromatic carbocycles. The first kappa shape index (κ1) is 11.1. The van der Waals surface area contributed by atoms with Crippen molar-refractivity contribution in [3.63, 3.8) is 0 Å². The summed E-state index contributed by atoms with van der Waals surface area (Å²) in [6, 6.07) is 3.23. The molecule has 80 valence electrons. The molecule has 0 radical (unpaired) electrons. The zero-order chi connectivity index (χ0) is 11.4. The Labute approximate surface area is 88.1 Å². The number of aromatic nitrogens is 1. The Balaban J connectivity index is 3.39. The highest BCUT2D eigenvalue weighted by molar-refractivity contribution is 5.66. The van der Waals surface area contributed by atoms with Crippen molar-refractivity contribution < 1.29 is 0 Å². The Bertz CT molecular complexity index is 440. The zero-order valence-corrected chi connectivity index (χ0v) is 8.87. The predicted molar refractivity (Wildman–Crippen MR) is 59.8 cm³/mol. The summed E-state index contributed by atoms with van der Waals surface area (Å²) in [7, 11) is 0. The number of nitrogens with one attached hydrogen (secondary N) is 1. The van der Waals surface area contributed by atoms with Crippen molar-refractivity contribution in [3.8, 4) is 6.07 Å². The maximum Gasteiger partial charge on any atom is 0.251 e. The van der Waals surface area contributed by atoms with Gasteiger partial charge in [-0.1, -0.05) is 0 Å². The summed E-state index contributed by atoms with van der Waals surface area (Å²) in [6.45, 7) is 5.33. The summed E-state index contributed by atoms with van der Waals surface area (Å²) >= 11 is 0. The van der Waals surface area contributed by atoms with Crippen molar-refractivity contribution in [1.82, 2.24) is 4.98 Å². The van der Waals surface area contributed by atoms with Gasteiger partial charge in [0.2, 0.25) is 0 Å². The van der Waals surface area contributed by atoms with E-state index in [1.807, 2.05) is 24.8 Å². The van der Waals surface area contributed by atoms with Crippen LogP contribution >= 0.6 is 0 Å². The first-order valence-corrected chi connectivity index (χ1v) is 4.81. The lowest BCUT2D eigenvalue weighted by Crippen LogP contribution is -2.27. The van der Waals surface area contributed by atoms with E-state index in [0.717, 1.165) is 0 Å². The van der Waals surface area contributed by atoms with E-state index in [4.69, 9.17) is 11.0 Å². The van der Waals surface area contributed by atoms with Crippen molar-refractivity contribution in [2.24, 2.45) is 0 Å². The van der Waals surface area contributed by atoms with Crippen LogP contribution in [0.15, 0.2) is 10.9 Å². The molecule has 5 nitrogen and oxygen atoms in total. The first-order chi connectivity index (χ1) is 7.13. The maximum absolute atomic E-state index is 11.2. The van der Waals surface area contributed by atoms with Gasteiger partial charge in [-0.15, -0.1) is 0 Å². The predicted octanol–water partition coefficient (Wildman–Crippen LogP) is 0.675. The highest BCUT2D eigenvalue weighted by Crippen LogP contribution is 2.19. The first-order valence-electron chi connectivity index (χ1n) is 4.81. The molecular weight excluding hydrogens is 192 g/mol. The van der Waals surface area contributed by atoms with Crippen LogP contribution in [0.1, 0.15) is 19.4 Å². The quantitative estimate of drug-likeness (QED) is 0.761. The Hall–Kier alpha value is -1.96. The van der Waals surface area contributed by atoms with E-state index in [0.29, 0.717) is 24.5 Å². The minimum atomic E-state index is -0.284. The third-order valence-corrected chi connectivity index (χ3v) is 2.25. The Morgan fingerprint density at radius 1 is 1.53 bits per heavy atom. The van der Waals surface area contributed by atoms with Crippen molar-refractivity contribution in [2.45, 2.75) is 13.8 Å². The molecular formula is C10H14N4O. The van der Waals surface area contributed by atoms with Gasteiger partial charge in [-0.25, -0.2) is 0 Å². The van der Waals surface area contributed by atoms with Gasteiger partial charge in [-0.3, -0.25) is 4.79 Å². The maximum atomic E-state index is 11.2. The molecule has 5 heteroatoms. The van der Waals surface area contributed by atoms with E-state index < -0.39 is 0 Å². The van der Waals surface area contributed by atoms with Crippen molar-refractivity contribution >= 4 is 11.5 Å². The standard InChI is InChI=1S/C10H14N4O/c1-3-14(4-2)10-7(6-11)8(12)5-9(15)13-10/h5H,3-4H2,1-2H3,(H3,12,13,15). The zero-order valence-electron chi connectivity index (χ0n) is 8.87. The van der Waals surface area contributed by atoms with Gasteiger partial charge in [0.1, 0.15) is 17.5 Å². The van der Waals surface area contributed by atoms with E-state index in [9.17, 15) is 4.79 Å². The minimum absolute atomic E-state index is 0.225. The molecule has 0 amide bonds. The molecule has 0 aliphatic carbocycles. The summed E-state index contributed by atoms with van der Waals surface area (Å²) in [5.41, 5.74) is 5.88. The number of aromatic amines is 1. The SMILES string of the molecule is CCN(CC)c1[nH]c(=O)cc(N)c1C#N. The molecule has 0 spiro atoms. The normalized spacial score (nSPS) is 9.67. The van der Waals surface area contributed by atoms with Crippen LogP contribution in [0.25, 0.3) is 0 Å². The Morgan fingerprint density at radius 2 is 2.13 bits per heavy atom. The van der Waals surface area contributed by atoms with E-state index in [1.165, 1.54) is 6.07 Å². The monoisotopic (exact) mass is 206 g/mol. The number of anilines is 2. The lowest BCUT2D eigenvalue weighted by atomic mass is 10.2. The summed E-state index contributed by atoms with van der Waals surface area (Å²) in [4.78, 5) is 15.8. The molecule has 15 heavy (non-hydrogen) atoms. The number of pyridine rings is 1. The molecule has 0 aliphatic heterocycles. The number of hydrogen-bond acceptors (Lipinski definition) is 4. The van der Waals surface area contributed by atoms with Crippen molar-refractivity contribution in [1.29, 1.82) is 5.26 Å². The number of nitrogens with zero attached hydrogens (tertiary/aromatic N) is 2. The number of nitriles is 1. The molecule has 1 rings (SSSR count). The highest BCUT2D eigenvalue weighted by atomic mass is 16.1. The number of hydrogen-bond donors (Lipinski definition) is 2. The molecule has 0 saturated heterocycles. The van der Waals surface area contributed by atoms with Crippen LogP contribution in [0.2, 0.25) is 0 Å². The Kier molecular flexibility index (Phi) is 3.34. The number of H-pyrrole nitrogens is 1. The van der Waals surface area contributed by atoms with E-state index in [1.54, 1.807) is 0 Å². The van der Waals surface area contributed by atoms with Gasteiger partial charge in [0.25, 0.3) is 5.56 Å². The molecule has 1 heterocycles. The van der Waals surface area contributed by atoms with Gasteiger partial charge in [0.05, 0.1) is 5.69 Å². The summed E-state index contributed by atoms with van der Waals surface area (Å²) < 4.78 is 0. The second-order valence-corrected chi connectivity index (χ2v) is 3.10. The van der Waals surface area contributed by atoms with Crippen LogP contribution in [-0.4, -0.2) is 18.1 Å². The van der Waals surface area contributed by atoms with Gasteiger partial charge in [0, 0.05) is 19.2 Å². The minimum Gasteiger partial charge on any atom is -0.397 e. The average molecular weight is 206 g/mol. The van der Waals surface area contributed by atoms with E-state index >= 15 is 0 Å². The van der Waals surface area contributed by atoms with Gasteiger partial charge in [-0.2, -0.15) is 5.26 Å². The molecule has 0 unspecified atom stereocenters. The fourth-order valence-electron chi connectivity index (χ4n) is 1.46. The highest BCUT2D eigenvalue weighted by Gasteiger charge is 2.12. The summed E-state index contributed by atoms with van der Waals surface area (Å²) in [5, 5.41) is 8.95. The molecule has 1 aromatic rings. The number of nitrogens with two attached hydrogens (primary N) is 1. The fourth-order valence-corrected chi connectivity index (χ4v) is 1.46. The average Bonchev–Trinajstić information content (AvgIpc) is 2.19. The summed E-state index contributed by atoms with van der Waals surface area (Å²) in [6.07, 6.45) is 0. The molecule has 1 aromatic heterocycles. The smallest absolute Gasteiger partial charge is 0.251 e. The molecule has 0 atom stereocenters. The molecule has 0 bridgehead atoms. The number of nitrogen functional groups attached to an aromatic ring is 1. The van der Waals surface area contributed by atoms with E-state index in [-0.39, 0.29) is 11.2 Å². The topological polar surface area (TPSA) is 85.9 Å². The second-order valence-electron chi connectivity index (χ2n) is 3.10. The molecule has 0 fully saturated rings. The number of rotatable bonds is 3. The second kappa shape index (κ2) is 4.51. The third kappa shape index (κ3) is 2.10. The van der Waals surface area contributed by atoms with Gasteiger partial charge < -0.3 is 15.6 Å². The van der Waals surface area contributed by atoms with Crippen LogP contribution in [0.4, 0.5) is 11.5 Å². The summed E-state index contributed by atoms with van der Waals surface area (Å²) in [5.74, 6) is 0.507. The van der Waals surface area contributed by atoms with Crippen LogP contribution in [0.3, 0.4) is 0 Å². The fraction of sp³-hybridized carbons (Fsp3) is 0.400. The third-order valence-electron chi connectivity index (χ3n) is 2.25. The largest absolute Gasteiger partial charge is 0.397 e. The molecule has 0 aliphatic rings. The van der Waals surface area contributed by atoms with Gasteiger partial charge >= 0.3 is 0 Å². The van der Waals surface area contributed by atoms with E-state index in [2.05, 4.69) is 4.98 Å². The van der Waals surface area contributed by atoms with Crippen LogP contribution in [-0.2, 0) is 0 Å². The molecule has 3 N–H and O–H groups in total. The Morgan fingerprint density at radius 3 is 2.60 bits per heavy atom. The van der Waals surface area contributed by atoms with Gasteiger partial charge in [-0.05, 0) is 13.8 Å². The van der Waals surface area contributed by atoms with Crippen LogP contribution < -0.4 is 16.2 Å². The van der Waals surface area contributed by atoms with Crippen LogP contribution in [0, 0.1) is 11.3 Å². The molecule has 0 saturated carbocycles. The lowest BCUT2D eigenvalue weighted by Gasteiger charge is -2.21. The van der Waals surface area contributed by atoms with Crippen LogP contribution in [0.5, 0.6) is 0 Å².